The standard InChI is InChI=1S/C16H19N3O4/c1-11(2)23-10-15(20)17-9-12-4-3-5-13(8-12)19-7-6-14(18-19)16(21)22/h3-8,11H,9-10H2,1-2H3,(H,17,20)(H,21,22). The molecule has 0 fully saturated rings. The van der Waals surface area contributed by atoms with Gasteiger partial charge in [0.05, 0.1) is 11.8 Å². The molecule has 0 unspecified atom stereocenters. The first-order valence-corrected chi connectivity index (χ1v) is 7.22. The number of ether oxygens (including phenoxy) is 1. The molecule has 0 aliphatic heterocycles. The summed E-state index contributed by atoms with van der Waals surface area (Å²) in [5.41, 5.74) is 1.59. The highest BCUT2D eigenvalue weighted by Crippen LogP contribution is 2.11. The second-order valence-electron chi connectivity index (χ2n) is 5.26. The molecule has 0 aliphatic rings. The second kappa shape index (κ2) is 7.55. The Kier molecular flexibility index (Phi) is 5.48. The van der Waals surface area contributed by atoms with Gasteiger partial charge in [0.15, 0.2) is 5.69 Å². The van der Waals surface area contributed by atoms with Crippen LogP contribution < -0.4 is 5.32 Å². The molecule has 2 N–H and O–H groups in total. The summed E-state index contributed by atoms with van der Waals surface area (Å²) in [7, 11) is 0. The summed E-state index contributed by atoms with van der Waals surface area (Å²) in [5, 5.41) is 15.6. The Morgan fingerprint density at radius 3 is 2.78 bits per heavy atom. The minimum Gasteiger partial charge on any atom is -0.476 e. The minimum atomic E-state index is -1.07. The first kappa shape index (κ1) is 16.7. The Bertz CT molecular complexity index is 694. The van der Waals surface area contributed by atoms with Crippen molar-refractivity contribution in [3.8, 4) is 5.69 Å². The van der Waals surface area contributed by atoms with E-state index in [1.165, 1.54) is 10.7 Å². The average Bonchev–Trinajstić information content (AvgIpc) is 3.01. The maximum Gasteiger partial charge on any atom is 0.356 e. The molecule has 0 saturated heterocycles. The number of carbonyl (C=O) groups excluding carboxylic acids is 1. The molecule has 2 aromatic rings. The third kappa shape index (κ3) is 4.93. The number of nitrogens with zero attached hydrogens (tertiary/aromatic N) is 2. The zero-order chi connectivity index (χ0) is 16.8. The van der Waals surface area contributed by atoms with Crippen LogP contribution in [0.3, 0.4) is 0 Å². The van der Waals surface area contributed by atoms with Gasteiger partial charge in [0.1, 0.15) is 6.61 Å². The van der Waals surface area contributed by atoms with E-state index in [1.807, 2.05) is 38.1 Å². The van der Waals surface area contributed by atoms with Crippen molar-refractivity contribution in [2.75, 3.05) is 6.61 Å². The summed E-state index contributed by atoms with van der Waals surface area (Å²) >= 11 is 0. The predicted octanol–water partition coefficient (Wildman–Crippen LogP) is 1.61. The lowest BCUT2D eigenvalue weighted by Gasteiger charge is -2.09. The van der Waals surface area contributed by atoms with E-state index in [9.17, 15) is 9.59 Å². The first-order valence-electron chi connectivity index (χ1n) is 7.22. The number of rotatable bonds is 7. The molecule has 7 heteroatoms. The second-order valence-corrected chi connectivity index (χ2v) is 5.26. The van der Waals surface area contributed by atoms with Crippen molar-refractivity contribution >= 4 is 11.9 Å². The van der Waals surface area contributed by atoms with Crippen LogP contribution in [-0.2, 0) is 16.1 Å². The zero-order valence-electron chi connectivity index (χ0n) is 13.0. The number of hydrogen-bond donors (Lipinski definition) is 2. The number of nitrogens with one attached hydrogen (secondary N) is 1. The van der Waals surface area contributed by atoms with Gasteiger partial charge in [0.2, 0.25) is 5.91 Å². The van der Waals surface area contributed by atoms with Crippen molar-refractivity contribution in [1.29, 1.82) is 0 Å². The largest absolute Gasteiger partial charge is 0.476 e. The highest BCUT2D eigenvalue weighted by atomic mass is 16.5. The van der Waals surface area contributed by atoms with Gasteiger partial charge in [-0.2, -0.15) is 5.10 Å². The normalized spacial score (nSPS) is 10.7. The summed E-state index contributed by atoms with van der Waals surface area (Å²) in [6.45, 7) is 4.12. The minimum absolute atomic E-state index is 0.00678. The van der Waals surface area contributed by atoms with Crippen molar-refractivity contribution in [2.24, 2.45) is 0 Å². The summed E-state index contributed by atoms with van der Waals surface area (Å²) in [4.78, 5) is 22.5. The van der Waals surface area contributed by atoms with E-state index >= 15 is 0 Å². The van der Waals surface area contributed by atoms with Gasteiger partial charge >= 0.3 is 5.97 Å². The highest BCUT2D eigenvalue weighted by molar-refractivity contribution is 5.85. The van der Waals surface area contributed by atoms with E-state index in [4.69, 9.17) is 9.84 Å². The molecule has 0 atom stereocenters. The molecule has 0 radical (unpaired) electrons. The summed E-state index contributed by atoms with van der Waals surface area (Å²) < 4.78 is 6.71. The van der Waals surface area contributed by atoms with Crippen LogP contribution in [0.1, 0.15) is 29.9 Å². The van der Waals surface area contributed by atoms with Crippen molar-refractivity contribution < 1.29 is 19.4 Å². The summed E-state index contributed by atoms with van der Waals surface area (Å²) in [6.07, 6.45) is 1.59. The molecule has 122 valence electrons. The lowest BCUT2D eigenvalue weighted by Crippen LogP contribution is -2.28. The van der Waals surface area contributed by atoms with Crippen molar-refractivity contribution in [1.82, 2.24) is 15.1 Å². The van der Waals surface area contributed by atoms with Gasteiger partial charge in [0, 0.05) is 12.7 Å². The predicted molar refractivity (Wildman–Crippen MR) is 83.5 cm³/mol. The Balaban J connectivity index is 1.99. The number of amides is 1. The number of carbonyl (C=O) groups is 2. The molecular weight excluding hydrogens is 298 g/mol. The van der Waals surface area contributed by atoms with Crippen molar-refractivity contribution in [3.63, 3.8) is 0 Å². The Hall–Kier alpha value is -2.67. The topological polar surface area (TPSA) is 93.5 Å². The van der Waals surface area contributed by atoms with Gasteiger partial charge in [-0.15, -0.1) is 0 Å². The quantitative estimate of drug-likeness (QED) is 0.809. The van der Waals surface area contributed by atoms with E-state index in [2.05, 4.69) is 10.4 Å². The fraction of sp³-hybridized carbons (Fsp3) is 0.312. The Morgan fingerprint density at radius 2 is 2.13 bits per heavy atom. The number of aromatic nitrogens is 2. The SMILES string of the molecule is CC(C)OCC(=O)NCc1cccc(-n2ccc(C(=O)O)n2)c1. The van der Waals surface area contributed by atoms with Gasteiger partial charge < -0.3 is 15.2 Å². The molecular formula is C16H19N3O4. The van der Waals surface area contributed by atoms with Crippen LogP contribution >= 0.6 is 0 Å². The number of benzene rings is 1. The fourth-order valence-corrected chi connectivity index (χ4v) is 1.88. The molecule has 1 heterocycles. The van der Waals surface area contributed by atoms with E-state index < -0.39 is 5.97 Å². The van der Waals surface area contributed by atoms with E-state index in [-0.39, 0.29) is 24.3 Å². The number of carboxylic acid groups (broad SMARTS) is 1. The number of hydrogen-bond acceptors (Lipinski definition) is 4. The van der Waals surface area contributed by atoms with E-state index in [0.717, 1.165) is 11.3 Å². The van der Waals surface area contributed by atoms with E-state index in [0.29, 0.717) is 6.54 Å². The molecule has 0 saturated carbocycles. The maximum absolute atomic E-state index is 11.6. The van der Waals surface area contributed by atoms with Gasteiger partial charge in [-0.3, -0.25) is 4.79 Å². The maximum atomic E-state index is 11.6. The van der Waals surface area contributed by atoms with Crippen LogP contribution in [0.25, 0.3) is 5.69 Å². The zero-order valence-corrected chi connectivity index (χ0v) is 13.0. The third-order valence-corrected chi connectivity index (χ3v) is 3.02. The van der Waals surface area contributed by atoms with Crippen LogP contribution in [0.4, 0.5) is 0 Å². The summed E-state index contributed by atoms with van der Waals surface area (Å²) in [6, 6.07) is 8.77. The molecule has 1 aromatic carbocycles. The lowest BCUT2D eigenvalue weighted by atomic mass is 10.2. The number of aromatic carboxylic acids is 1. The first-order chi connectivity index (χ1) is 11.0. The number of carboxylic acids is 1. The van der Waals surface area contributed by atoms with Crippen molar-refractivity contribution in [3.05, 3.63) is 47.8 Å². The van der Waals surface area contributed by atoms with Crippen LogP contribution in [0.5, 0.6) is 0 Å². The Labute approximate surface area is 133 Å². The molecule has 0 aliphatic carbocycles. The monoisotopic (exact) mass is 317 g/mol. The van der Waals surface area contributed by atoms with Gasteiger partial charge in [-0.05, 0) is 37.6 Å². The molecule has 7 nitrogen and oxygen atoms in total. The van der Waals surface area contributed by atoms with Gasteiger partial charge in [-0.1, -0.05) is 12.1 Å². The van der Waals surface area contributed by atoms with Gasteiger partial charge in [-0.25, -0.2) is 9.48 Å². The van der Waals surface area contributed by atoms with Crippen LogP contribution in [-0.4, -0.2) is 39.5 Å². The van der Waals surface area contributed by atoms with E-state index in [1.54, 1.807) is 6.20 Å². The smallest absolute Gasteiger partial charge is 0.356 e. The average molecular weight is 317 g/mol. The highest BCUT2D eigenvalue weighted by Gasteiger charge is 2.08. The Morgan fingerprint density at radius 1 is 1.35 bits per heavy atom. The fourth-order valence-electron chi connectivity index (χ4n) is 1.88. The molecule has 1 aromatic heterocycles. The summed E-state index contributed by atoms with van der Waals surface area (Å²) in [5.74, 6) is -1.26. The van der Waals surface area contributed by atoms with Crippen molar-refractivity contribution in [2.45, 2.75) is 26.5 Å². The van der Waals surface area contributed by atoms with Crippen LogP contribution in [0.15, 0.2) is 36.5 Å². The lowest BCUT2D eigenvalue weighted by molar-refractivity contribution is -0.127. The molecule has 23 heavy (non-hydrogen) atoms. The molecule has 0 bridgehead atoms. The molecule has 2 rings (SSSR count). The molecule has 0 spiro atoms. The third-order valence-electron chi connectivity index (χ3n) is 3.02. The van der Waals surface area contributed by atoms with Crippen LogP contribution in [0.2, 0.25) is 0 Å². The van der Waals surface area contributed by atoms with Gasteiger partial charge in [0.25, 0.3) is 0 Å². The molecule has 1 amide bonds. The van der Waals surface area contributed by atoms with Crippen LogP contribution in [0, 0.1) is 0 Å².